The predicted octanol–water partition coefficient (Wildman–Crippen LogP) is -1.53. The molecule has 0 aromatic heterocycles. The lowest BCUT2D eigenvalue weighted by Gasteiger charge is -2.16. The van der Waals surface area contributed by atoms with Crippen molar-refractivity contribution in [3.05, 3.63) is 12.3 Å². The van der Waals surface area contributed by atoms with Crippen LogP contribution in [0.3, 0.4) is 0 Å². The maximum Gasteiger partial charge on any atom is 0.0877 e. The van der Waals surface area contributed by atoms with Crippen molar-refractivity contribution in [3.63, 3.8) is 0 Å². The van der Waals surface area contributed by atoms with Crippen molar-refractivity contribution in [1.82, 2.24) is 5.32 Å². The van der Waals surface area contributed by atoms with Crippen LogP contribution < -0.4 is 11.1 Å². The number of nitrogens with one attached hydrogen (secondary N) is 1. The molecule has 0 radical (unpaired) electrons. The van der Waals surface area contributed by atoms with Gasteiger partial charge in [-0.3, -0.25) is 0 Å². The third kappa shape index (κ3) is 8.63. The van der Waals surface area contributed by atoms with E-state index in [1.807, 2.05) is 0 Å². The van der Waals surface area contributed by atoms with Crippen LogP contribution in [-0.2, 0) is 0 Å². The smallest absolute Gasteiger partial charge is 0.0877 e. The highest BCUT2D eigenvalue weighted by Gasteiger charge is 2.11. The van der Waals surface area contributed by atoms with Crippen LogP contribution in [0, 0.1) is 0 Å². The van der Waals surface area contributed by atoms with Crippen molar-refractivity contribution < 1.29 is 20.4 Å². The normalized spacial score (nSPS) is 16.8. The summed E-state index contributed by atoms with van der Waals surface area (Å²) in [5.41, 5.74) is 5.19. The summed E-state index contributed by atoms with van der Waals surface area (Å²) in [6.45, 7) is 3.88. The van der Waals surface area contributed by atoms with Gasteiger partial charge in [-0.2, -0.15) is 0 Å². The Morgan fingerprint density at radius 3 is 2.19 bits per heavy atom. The first-order valence-electron chi connectivity index (χ1n) is 5.27. The van der Waals surface area contributed by atoms with E-state index in [-0.39, 0.29) is 38.2 Å². The van der Waals surface area contributed by atoms with E-state index >= 15 is 0 Å². The molecule has 0 aliphatic carbocycles. The number of aliphatic hydroxyl groups is 4. The molecule has 0 saturated heterocycles. The third-order valence-electron chi connectivity index (χ3n) is 2.05. The van der Waals surface area contributed by atoms with Gasteiger partial charge in [-0.05, 0) is 0 Å². The average molecular weight is 234 g/mol. The van der Waals surface area contributed by atoms with E-state index in [9.17, 15) is 10.2 Å². The summed E-state index contributed by atoms with van der Waals surface area (Å²) in [7, 11) is 0. The van der Waals surface area contributed by atoms with Gasteiger partial charge in [0.2, 0.25) is 0 Å². The van der Waals surface area contributed by atoms with E-state index in [1.54, 1.807) is 0 Å². The summed E-state index contributed by atoms with van der Waals surface area (Å²) in [5, 5.41) is 39.5. The summed E-state index contributed by atoms with van der Waals surface area (Å²) in [5.74, 6) is -0.0756. The zero-order valence-corrected chi connectivity index (χ0v) is 9.34. The molecule has 16 heavy (non-hydrogen) atoms. The summed E-state index contributed by atoms with van der Waals surface area (Å²) < 4.78 is 0. The summed E-state index contributed by atoms with van der Waals surface area (Å²) in [6, 6.07) is 0. The molecule has 6 nitrogen and oxygen atoms in total. The maximum absolute atomic E-state index is 9.42. The molecule has 0 rings (SSSR count). The van der Waals surface area contributed by atoms with Crippen LogP contribution in [0.1, 0.15) is 12.8 Å². The molecule has 0 spiro atoms. The minimum absolute atomic E-state index is 0.0756. The first-order chi connectivity index (χ1) is 7.45. The Hall–Kier alpha value is -0.660. The van der Waals surface area contributed by atoms with Crippen molar-refractivity contribution in [3.8, 4) is 0 Å². The van der Waals surface area contributed by atoms with Crippen LogP contribution in [0.25, 0.3) is 0 Å². The Morgan fingerprint density at radius 1 is 1.12 bits per heavy atom. The van der Waals surface area contributed by atoms with Gasteiger partial charge < -0.3 is 31.5 Å². The molecule has 6 heteroatoms. The van der Waals surface area contributed by atoms with Crippen LogP contribution >= 0.6 is 0 Å². The Kier molecular flexibility index (Phi) is 8.14. The molecular weight excluding hydrogens is 212 g/mol. The van der Waals surface area contributed by atoms with Gasteiger partial charge in [0.05, 0.1) is 24.1 Å². The molecule has 0 heterocycles. The predicted molar refractivity (Wildman–Crippen MR) is 60.9 cm³/mol. The fourth-order valence-corrected chi connectivity index (χ4v) is 1.25. The molecule has 0 aliphatic heterocycles. The highest BCUT2D eigenvalue weighted by atomic mass is 16.3. The Labute approximate surface area is 95.4 Å². The van der Waals surface area contributed by atoms with Crippen molar-refractivity contribution in [2.24, 2.45) is 5.73 Å². The van der Waals surface area contributed by atoms with E-state index in [0.717, 1.165) is 0 Å². The lowest BCUT2D eigenvalue weighted by Crippen LogP contribution is -2.36. The first kappa shape index (κ1) is 15.3. The van der Waals surface area contributed by atoms with E-state index < -0.39 is 18.3 Å². The highest BCUT2D eigenvalue weighted by Crippen LogP contribution is 1.99. The van der Waals surface area contributed by atoms with Gasteiger partial charge in [0.1, 0.15) is 0 Å². The zero-order valence-electron chi connectivity index (χ0n) is 9.34. The molecule has 0 fully saturated rings. The largest absolute Gasteiger partial charge is 0.513 e. The zero-order chi connectivity index (χ0) is 12.6. The van der Waals surface area contributed by atoms with Gasteiger partial charge in [0, 0.05) is 32.5 Å². The fourth-order valence-electron chi connectivity index (χ4n) is 1.25. The van der Waals surface area contributed by atoms with Gasteiger partial charge in [-0.1, -0.05) is 6.58 Å². The van der Waals surface area contributed by atoms with Gasteiger partial charge in [0.25, 0.3) is 0 Å². The minimum atomic E-state index is -0.732. The second-order valence-electron chi connectivity index (χ2n) is 3.86. The summed E-state index contributed by atoms with van der Waals surface area (Å²) >= 11 is 0. The molecule has 0 aliphatic rings. The van der Waals surface area contributed by atoms with Crippen molar-refractivity contribution in [2.75, 3.05) is 19.6 Å². The Bertz CT molecular complexity index is 201. The number of hydrogen-bond donors (Lipinski definition) is 6. The van der Waals surface area contributed by atoms with Crippen molar-refractivity contribution >= 4 is 0 Å². The first-order valence-corrected chi connectivity index (χ1v) is 5.27. The van der Waals surface area contributed by atoms with Gasteiger partial charge in [0.15, 0.2) is 0 Å². The summed E-state index contributed by atoms with van der Waals surface area (Å²) in [6.07, 6.45) is -1.84. The maximum atomic E-state index is 9.42. The molecule has 0 amide bonds. The monoisotopic (exact) mass is 234 g/mol. The number of aliphatic hydroxyl groups excluding tert-OH is 4. The molecule has 3 unspecified atom stereocenters. The topological polar surface area (TPSA) is 119 Å². The van der Waals surface area contributed by atoms with Crippen molar-refractivity contribution in [2.45, 2.75) is 31.2 Å². The lowest BCUT2D eigenvalue weighted by atomic mass is 10.1. The minimum Gasteiger partial charge on any atom is -0.513 e. The van der Waals surface area contributed by atoms with Gasteiger partial charge in [-0.25, -0.2) is 0 Å². The SMILES string of the molecule is C=C(O)CC(O)CNCC(O)CC(O)CN. The standard InChI is InChI=1S/C10H22N2O4/c1-7(13)2-9(15)5-12-6-10(16)3-8(14)4-11/h8-10,12-16H,1-6,11H2. The number of hydrogen-bond acceptors (Lipinski definition) is 6. The second-order valence-corrected chi connectivity index (χ2v) is 3.86. The van der Waals surface area contributed by atoms with Crippen molar-refractivity contribution in [1.29, 1.82) is 0 Å². The van der Waals surface area contributed by atoms with Gasteiger partial charge >= 0.3 is 0 Å². The Balaban J connectivity index is 3.53. The van der Waals surface area contributed by atoms with E-state index in [0.29, 0.717) is 0 Å². The quantitative estimate of drug-likeness (QED) is 0.269. The lowest BCUT2D eigenvalue weighted by molar-refractivity contribution is 0.0808. The average Bonchev–Trinajstić information content (AvgIpc) is 2.16. The number of nitrogens with two attached hydrogens (primary N) is 1. The number of rotatable bonds is 9. The second kappa shape index (κ2) is 8.49. The molecular formula is C10H22N2O4. The van der Waals surface area contributed by atoms with Crippen LogP contribution in [0.2, 0.25) is 0 Å². The summed E-state index contributed by atoms with van der Waals surface area (Å²) in [4.78, 5) is 0. The highest BCUT2D eigenvalue weighted by molar-refractivity contribution is 4.83. The van der Waals surface area contributed by atoms with Gasteiger partial charge in [-0.15, -0.1) is 0 Å². The third-order valence-corrected chi connectivity index (χ3v) is 2.05. The van der Waals surface area contributed by atoms with Crippen LogP contribution in [0.15, 0.2) is 12.3 Å². The van der Waals surface area contributed by atoms with E-state index in [4.69, 9.17) is 15.9 Å². The fraction of sp³-hybridized carbons (Fsp3) is 0.800. The molecule has 0 aromatic rings. The molecule has 0 saturated carbocycles. The van der Waals surface area contributed by atoms with Crippen LogP contribution in [0.5, 0.6) is 0 Å². The van der Waals surface area contributed by atoms with Crippen LogP contribution in [0.4, 0.5) is 0 Å². The van der Waals surface area contributed by atoms with Crippen LogP contribution in [-0.4, -0.2) is 58.4 Å². The molecule has 96 valence electrons. The Morgan fingerprint density at radius 2 is 1.69 bits per heavy atom. The van der Waals surface area contributed by atoms with E-state index in [1.165, 1.54) is 0 Å². The molecule has 0 bridgehead atoms. The molecule has 0 aromatic carbocycles. The van der Waals surface area contributed by atoms with E-state index in [2.05, 4.69) is 11.9 Å². The molecule has 7 N–H and O–H groups in total. The molecule has 3 atom stereocenters.